The van der Waals surface area contributed by atoms with Gasteiger partial charge in [-0.25, -0.2) is 0 Å². The summed E-state index contributed by atoms with van der Waals surface area (Å²) in [5.41, 5.74) is 1.79. The quantitative estimate of drug-likeness (QED) is 0.700. The van der Waals surface area contributed by atoms with Crippen molar-refractivity contribution >= 4 is 0 Å². The largest absolute Gasteiger partial charge is 0.396 e. The number of aliphatic hydroxyl groups is 1. The molecule has 2 unspecified atom stereocenters. The highest BCUT2D eigenvalue weighted by molar-refractivity contribution is 5.22. The van der Waals surface area contributed by atoms with E-state index in [2.05, 4.69) is 45.9 Å². The molecule has 1 rings (SSSR count). The molecule has 1 N–H and O–H groups in total. The second-order valence-corrected chi connectivity index (χ2v) is 5.19. The van der Waals surface area contributed by atoms with Crippen molar-refractivity contribution in [3.63, 3.8) is 0 Å². The topological polar surface area (TPSA) is 20.2 Å². The van der Waals surface area contributed by atoms with E-state index in [1.54, 1.807) is 0 Å². The summed E-state index contributed by atoms with van der Waals surface area (Å²) in [6.07, 6.45) is 9.01. The van der Waals surface area contributed by atoms with Gasteiger partial charge in [0.25, 0.3) is 0 Å². The molecule has 86 valence electrons. The fourth-order valence-electron chi connectivity index (χ4n) is 2.09. The standard InChI is InChI=1S/C14H24O/c1-5-12(10-15)7-9-13-8-6-11(2)14(13,3)4/h6-7,9,12-13,15H,5,8,10H2,1-4H3. The molecule has 0 bridgehead atoms. The van der Waals surface area contributed by atoms with E-state index in [1.165, 1.54) is 5.57 Å². The number of aliphatic hydroxyl groups excluding tert-OH is 1. The highest BCUT2D eigenvalue weighted by Gasteiger charge is 2.32. The van der Waals surface area contributed by atoms with Crippen LogP contribution in [0.4, 0.5) is 0 Å². The van der Waals surface area contributed by atoms with Gasteiger partial charge in [0.05, 0.1) is 0 Å². The molecule has 0 saturated heterocycles. The summed E-state index contributed by atoms with van der Waals surface area (Å²) in [4.78, 5) is 0. The van der Waals surface area contributed by atoms with Crippen LogP contribution in [0.1, 0.15) is 40.5 Å². The van der Waals surface area contributed by atoms with Crippen molar-refractivity contribution < 1.29 is 5.11 Å². The van der Waals surface area contributed by atoms with Crippen LogP contribution in [0.5, 0.6) is 0 Å². The zero-order valence-corrected chi connectivity index (χ0v) is 10.5. The van der Waals surface area contributed by atoms with Gasteiger partial charge in [0.15, 0.2) is 0 Å². The Hall–Kier alpha value is -0.560. The minimum Gasteiger partial charge on any atom is -0.396 e. The molecule has 1 aliphatic carbocycles. The molecule has 0 aromatic rings. The fraction of sp³-hybridized carbons (Fsp3) is 0.714. The van der Waals surface area contributed by atoms with Gasteiger partial charge in [-0.1, -0.05) is 44.6 Å². The van der Waals surface area contributed by atoms with Crippen LogP contribution in [-0.2, 0) is 0 Å². The number of allylic oxidation sites excluding steroid dienone is 3. The van der Waals surface area contributed by atoms with E-state index >= 15 is 0 Å². The van der Waals surface area contributed by atoms with Crippen molar-refractivity contribution in [2.24, 2.45) is 17.3 Å². The Kier molecular flexibility index (Phi) is 4.15. The van der Waals surface area contributed by atoms with E-state index in [1.807, 2.05) is 0 Å². The van der Waals surface area contributed by atoms with Crippen molar-refractivity contribution in [2.75, 3.05) is 6.61 Å². The predicted molar refractivity (Wildman–Crippen MR) is 65.7 cm³/mol. The van der Waals surface area contributed by atoms with Crippen LogP contribution in [0.15, 0.2) is 23.8 Å². The van der Waals surface area contributed by atoms with E-state index in [9.17, 15) is 0 Å². The second kappa shape index (κ2) is 4.98. The maximum atomic E-state index is 9.12. The lowest BCUT2D eigenvalue weighted by atomic mass is 9.77. The van der Waals surface area contributed by atoms with Gasteiger partial charge in [-0.3, -0.25) is 0 Å². The lowest BCUT2D eigenvalue weighted by Gasteiger charge is -2.27. The van der Waals surface area contributed by atoms with Crippen LogP contribution in [-0.4, -0.2) is 11.7 Å². The first-order chi connectivity index (χ1) is 7.02. The van der Waals surface area contributed by atoms with Crippen LogP contribution >= 0.6 is 0 Å². The smallest absolute Gasteiger partial charge is 0.0493 e. The molecule has 0 heterocycles. The van der Waals surface area contributed by atoms with Crippen molar-refractivity contribution in [3.8, 4) is 0 Å². The Morgan fingerprint density at radius 3 is 2.67 bits per heavy atom. The zero-order chi connectivity index (χ0) is 11.5. The van der Waals surface area contributed by atoms with Gasteiger partial charge in [0, 0.05) is 6.61 Å². The molecule has 0 saturated carbocycles. The Morgan fingerprint density at radius 1 is 1.60 bits per heavy atom. The lowest BCUT2D eigenvalue weighted by Crippen LogP contribution is -2.18. The summed E-state index contributed by atoms with van der Waals surface area (Å²) in [5.74, 6) is 0.944. The monoisotopic (exact) mass is 208 g/mol. The molecule has 1 heteroatoms. The molecule has 1 aliphatic rings. The SMILES string of the molecule is CCC(C=CC1CC=C(C)C1(C)C)CO. The molecule has 0 radical (unpaired) electrons. The fourth-order valence-corrected chi connectivity index (χ4v) is 2.09. The van der Waals surface area contributed by atoms with Crippen LogP contribution < -0.4 is 0 Å². The summed E-state index contributed by atoms with van der Waals surface area (Å²) in [5, 5.41) is 9.12. The molecule has 15 heavy (non-hydrogen) atoms. The van der Waals surface area contributed by atoms with Gasteiger partial charge in [-0.05, 0) is 37.0 Å². The van der Waals surface area contributed by atoms with Gasteiger partial charge in [0.2, 0.25) is 0 Å². The van der Waals surface area contributed by atoms with E-state index in [-0.39, 0.29) is 6.61 Å². The number of rotatable bonds is 4. The predicted octanol–water partition coefficient (Wildman–Crippen LogP) is 3.55. The van der Waals surface area contributed by atoms with Crippen LogP contribution in [0.25, 0.3) is 0 Å². The maximum Gasteiger partial charge on any atom is 0.0493 e. The summed E-state index contributed by atoms with van der Waals surface area (Å²) < 4.78 is 0. The first kappa shape index (κ1) is 12.5. The Labute approximate surface area is 93.9 Å². The maximum absolute atomic E-state index is 9.12. The van der Waals surface area contributed by atoms with Gasteiger partial charge in [0.1, 0.15) is 0 Å². The van der Waals surface area contributed by atoms with E-state index in [4.69, 9.17) is 5.11 Å². The van der Waals surface area contributed by atoms with Crippen molar-refractivity contribution in [1.29, 1.82) is 0 Å². The molecular weight excluding hydrogens is 184 g/mol. The van der Waals surface area contributed by atoms with Crippen molar-refractivity contribution in [2.45, 2.75) is 40.5 Å². The third-order valence-corrected chi connectivity index (χ3v) is 4.00. The second-order valence-electron chi connectivity index (χ2n) is 5.19. The average Bonchev–Trinajstić information content (AvgIpc) is 2.45. The van der Waals surface area contributed by atoms with Gasteiger partial charge in [-0.2, -0.15) is 0 Å². The van der Waals surface area contributed by atoms with Crippen LogP contribution in [0.3, 0.4) is 0 Å². The van der Waals surface area contributed by atoms with Crippen LogP contribution in [0.2, 0.25) is 0 Å². The first-order valence-corrected chi connectivity index (χ1v) is 5.98. The first-order valence-electron chi connectivity index (χ1n) is 5.98. The zero-order valence-electron chi connectivity index (χ0n) is 10.5. The third-order valence-electron chi connectivity index (χ3n) is 4.00. The molecular formula is C14H24O. The number of hydrogen-bond acceptors (Lipinski definition) is 1. The van der Waals surface area contributed by atoms with Crippen molar-refractivity contribution in [3.05, 3.63) is 23.8 Å². The summed E-state index contributed by atoms with van der Waals surface area (Å²) in [6, 6.07) is 0. The minimum atomic E-state index is 0.270. The van der Waals surface area contributed by atoms with Gasteiger partial charge >= 0.3 is 0 Å². The summed E-state index contributed by atoms with van der Waals surface area (Å²) in [7, 11) is 0. The molecule has 1 nitrogen and oxygen atoms in total. The van der Waals surface area contributed by atoms with Crippen LogP contribution in [0, 0.1) is 17.3 Å². The Bertz CT molecular complexity index is 257. The Balaban J connectivity index is 2.61. The normalized spacial score (nSPS) is 27.0. The highest BCUT2D eigenvalue weighted by Crippen LogP contribution is 2.43. The molecule has 0 spiro atoms. The Morgan fingerprint density at radius 2 is 2.27 bits per heavy atom. The van der Waals surface area contributed by atoms with E-state index in [0.29, 0.717) is 17.3 Å². The van der Waals surface area contributed by atoms with Gasteiger partial charge in [-0.15, -0.1) is 0 Å². The summed E-state index contributed by atoms with van der Waals surface area (Å²) in [6.45, 7) is 9.22. The highest BCUT2D eigenvalue weighted by atomic mass is 16.3. The summed E-state index contributed by atoms with van der Waals surface area (Å²) >= 11 is 0. The molecule has 0 fully saturated rings. The van der Waals surface area contributed by atoms with E-state index in [0.717, 1.165) is 12.8 Å². The number of hydrogen-bond donors (Lipinski definition) is 1. The molecule has 0 aliphatic heterocycles. The lowest BCUT2D eigenvalue weighted by molar-refractivity contribution is 0.248. The average molecular weight is 208 g/mol. The molecule has 0 aromatic heterocycles. The van der Waals surface area contributed by atoms with Crippen molar-refractivity contribution in [1.82, 2.24) is 0 Å². The molecule has 2 atom stereocenters. The third kappa shape index (κ3) is 2.72. The molecule has 0 aromatic carbocycles. The minimum absolute atomic E-state index is 0.270. The van der Waals surface area contributed by atoms with Gasteiger partial charge < -0.3 is 5.11 Å². The van der Waals surface area contributed by atoms with E-state index < -0.39 is 0 Å². The molecule has 0 amide bonds.